The van der Waals surface area contributed by atoms with Crippen LogP contribution in [0.1, 0.15) is 32.6 Å². The van der Waals surface area contributed by atoms with Crippen LogP contribution in [-0.4, -0.2) is 37.6 Å². The topological polar surface area (TPSA) is 70.7 Å². The number of carbonyl (C=O) groups excluding carboxylic acids is 2. The zero-order valence-electron chi connectivity index (χ0n) is 17.5. The van der Waals surface area contributed by atoms with Crippen LogP contribution in [0.3, 0.4) is 0 Å². The third-order valence-electron chi connectivity index (χ3n) is 5.07. The van der Waals surface area contributed by atoms with Crippen LogP contribution in [0.15, 0.2) is 42.5 Å². The van der Waals surface area contributed by atoms with E-state index >= 15 is 0 Å². The Morgan fingerprint density at radius 1 is 1.19 bits per heavy atom. The van der Waals surface area contributed by atoms with Crippen molar-refractivity contribution in [2.45, 2.75) is 38.6 Å². The third kappa shape index (κ3) is 6.59. The lowest BCUT2D eigenvalue weighted by atomic mass is 10.1. The van der Waals surface area contributed by atoms with Crippen molar-refractivity contribution in [2.24, 2.45) is 0 Å². The highest BCUT2D eigenvalue weighted by Gasteiger charge is 2.21. The summed E-state index contributed by atoms with van der Waals surface area (Å²) in [5.74, 6) is -1.01. The maximum absolute atomic E-state index is 13.2. The molecule has 1 unspecified atom stereocenters. The predicted molar refractivity (Wildman–Crippen MR) is 120 cm³/mol. The van der Waals surface area contributed by atoms with Crippen LogP contribution in [0.2, 0.25) is 5.02 Å². The molecule has 1 aliphatic heterocycles. The first-order valence-electron chi connectivity index (χ1n) is 10.5. The summed E-state index contributed by atoms with van der Waals surface area (Å²) in [5.41, 5.74) is 1.78. The van der Waals surface area contributed by atoms with Crippen molar-refractivity contribution < 1.29 is 18.7 Å². The number of rotatable bonds is 9. The molecule has 1 atom stereocenters. The number of hydrogen-bond donors (Lipinski definition) is 2. The van der Waals surface area contributed by atoms with E-state index in [0.717, 1.165) is 25.2 Å². The van der Waals surface area contributed by atoms with Crippen LogP contribution in [0.5, 0.6) is 5.75 Å². The van der Waals surface area contributed by atoms with Gasteiger partial charge in [0.2, 0.25) is 5.91 Å². The van der Waals surface area contributed by atoms with Crippen molar-refractivity contribution in [1.29, 1.82) is 0 Å². The summed E-state index contributed by atoms with van der Waals surface area (Å²) in [4.78, 5) is 27.4. The van der Waals surface area contributed by atoms with E-state index in [1.165, 1.54) is 31.0 Å². The van der Waals surface area contributed by atoms with Crippen LogP contribution in [0, 0.1) is 5.82 Å². The Bertz CT molecular complexity index is 919. The van der Waals surface area contributed by atoms with Crippen LogP contribution in [-0.2, 0) is 9.59 Å². The summed E-state index contributed by atoms with van der Waals surface area (Å²) >= 11 is 5.71. The van der Waals surface area contributed by atoms with Gasteiger partial charge in [0.25, 0.3) is 5.91 Å². The maximum Gasteiger partial charge on any atom is 0.258 e. The van der Waals surface area contributed by atoms with Gasteiger partial charge in [-0.25, -0.2) is 4.39 Å². The first-order chi connectivity index (χ1) is 15.0. The quantitative estimate of drug-likeness (QED) is 0.598. The number of ether oxygens (including phenoxy) is 1. The molecule has 2 aromatic carbocycles. The van der Waals surface area contributed by atoms with Crippen molar-refractivity contribution >= 4 is 34.8 Å². The van der Waals surface area contributed by atoms with Gasteiger partial charge in [-0.15, -0.1) is 0 Å². The highest BCUT2D eigenvalue weighted by Crippen LogP contribution is 2.24. The predicted octanol–water partition coefficient (Wildman–Crippen LogP) is 4.38. The highest BCUT2D eigenvalue weighted by molar-refractivity contribution is 6.30. The summed E-state index contributed by atoms with van der Waals surface area (Å²) in [7, 11) is 0. The molecular weight excluding hydrogens is 421 g/mol. The maximum atomic E-state index is 13.2. The minimum Gasteiger partial charge on any atom is -0.484 e. The molecule has 8 heteroatoms. The van der Waals surface area contributed by atoms with E-state index in [1.807, 2.05) is 31.2 Å². The van der Waals surface area contributed by atoms with Gasteiger partial charge in [0.15, 0.2) is 6.61 Å². The van der Waals surface area contributed by atoms with Gasteiger partial charge in [0.05, 0.1) is 5.02 Å². The molecule has 0 saturated carbocycles. The second-order valence-electron chi connectivity index (χ2n) is 7.51. The number of anilines is 2. The Kier molecular flexibility index (Phi) is 8.12. The third-order valence-corrected chi connectivity index (χ3v) is 5.36. The largest absolute Gasteiger partial charge is 0.484 e. The van der Waals surface area contributed by atoms with Gasteiger partial charge in [-0.3, -0.25) is 9.59 Å². The zero-order valence-corrected chi connectivity index (χ0v) is 18.3. The van der Waals surface area contributed by atoms with E-state index < -0.39 is 17.8 Å². The lowest BCUT2D eigenvalue weighted by molar-refractivity contribution is -0.128. The molecule has 2 aromatic rings. The molecule has 0 radical (unpaired) electrons. The second-order valence-corrected chi connectivity index (χ2v) is 7.91. The fourth-order valence-corrected chi connectivity index (χ4v) is 3.66. The molecule has 166 valence electrons. The summed E-state index contributed by atoms with van der Waals surface area (Å²) < 4.78 is 18.6. The van der Waals surface area contributed by atoms with Gasteiger partial charge >= 0.3 is 0 Å². The molecule has 1 heterocycles. The average Bonchev–Trinajstić information content (AvgIpc) is 3.29. The van der Waals surface area contributed by atoms with E-state index in [2.05, 4.69) is 15.5 Å². The molecule has 0 bridgehead atoms. The molecule has 1 aliphatic rings. The summed E-state index contributed by atoms with van der Waals surface area (Å²) in [6, 6.07) is 10.9. The van der Waals surface area contributed by atoms with Gasteiger partial charge in [-0.2, -0.15) is 0 Å². The average molecular weight is 448 g/mol. The van der Waals surface area contributed by atoms with Gasteiger partial charge in [-0.1, -0.05) is 31.0 Å². The Morgan fingerprint density at radius 2 is 1.97 bits per heavy atom. The van der Waals surface area contributed by atoms with E-state index in [0.29, 0.717) is 12.1 Å². The number of carbonyl (C=O) groups is 2. The number of hydrogen-bond acceptors (Lipinski definition) is 4. The van der Waals surface area contributed by atoms with E-state index in [1.54, 1.807) is 0 Å². The monoisotopic (exact) mass is 447 g/mol. The molecule has 2 amide bonds. The Morgan fingerprint density at radius 3 is 2.68 bits per heavy atom. The van der Waals surface area contributed by atoms with Gasteiger partial charge in [-0.05, 0) is 49.6 Å². The normalized spacial score (nSPS) is 14.2. The highest BCUT2D eigenvalue weighted by atomic mass is 35.5. The van der Waals surface area contributed by atoms with Crippen LogP contribution in [0.4, 0.5) is 15.8 Å². The van der Waals surface area contributed by atoms with E-state index in [-0.39, 0.29) is 23.3 Å². The first kappa shape index (κ1) is 22.9. The molecule has 2 N–H and O–H groups in total. The number of nitrogens with one attached hydrogen (secondary N) is 2. The molecule has 31 heavy (non-hydrogen) atoms. The van der Waals surface area contributed by atoms with E-state index in [4.69, 9.17) is 16.3 Å². The van der Waals surface area contributed by atoms with Gasteiger partial charge < -0.3 is 20.3 Å². The van der Waals surface area contributed by atoms with Crippen LogP contribution >= 0.6 is 11.6 Å². The number of amides is 2. The molecule has 1 fully saturated rings. The summed E-state index contributed by atoms with van der Waals surface area (Å²) in [6.07, 6.45) is 3.56. The summed E-state index contributed by atoms with van der Waals surface area (Å²) in [6.45, 7) is 3.67. The molecule has 0 spiro atoms. The summed E-state index contributed by atoms with van der Waals surface area (Å²) in [5, 5.41) is 5.53. The zero-order chi connectivity index (χ0) is 22.2. The van der Waals surface area contributed by atoms with Gasteiger partial charge in [0, 0.05) is 30.5 Å². The standard InChI is InChI=1S/C23H27ClFN3O3/c1-2-6-21(27-22(29)15-31-18-9-10-20(25)19(24)14-18)23(30)26-16-7-5-8-17(13-16)28-11-3-4-12-28/h5,7-10,13-14,21H,2-4,6,11-12,15H2,1H3,(H,26,30)(H,27,29). The molecule has 3 rings (SSSR count). The number of benzene rings is 2. The lowest BCUT2D eigenvalue weighted by Gasteiger charge is -2.20. The Labute approximate surface area is 186 Å². The van der Waals surface area contributed by atoms with E-state index in [9.17, 15) is 14.0 Å². The first-order valence-corrected chi connectivity index (χ1v) is 10.9. The molecule has 0 aromatic heterocycles. The minimum absolute atomic E-state index is 0.0858. The SMILES string of the molecule is CCCC(NC(=O)COc1ccc(F)c(Cl)c1)C(=O)Nc1cccc(N2CCCC2)c1. The van der Waals surface area contributed by atoms with Crippen LogP contribution < -0.4 is 20.3 Å². The Hall–Kier alpha value is -2.80. The van der Waals surface area contributed by atoms with Crippen molar-refractivity contribution in [1.82, 2.24) is 5.32 Å². The second kappa shape index (κ2) is 11.0. The molecule has 6 nitrogen and oxygen atoms in total. The number of nitrogens with zero attached hydrogens (tertiary/aromatic N) is 1. The van der Waals surface area contributed by atoms with Crippen molar-refractivity contribution in [2.75, 3.05) is 29.9 Å². The number of halogens is 2. The lowest BCUT2D eigenvalue weighted by Crippen LogP contribution is -2.45. The molecule has 1 saturated heterocycles. The van der Waals surface area contributed by atoms with Gasteiger partial charge in [0.1, 0.15) is 17.6 Å². The van der Waals surface area contributed by atoms with Crippen molar-refractivity contribution in [3.63, 3.8) is 0 Å². The fourth-order valence-electron chi connectivity index (χ4n) is 3.49. The fraction of sp³-hybridized carbons (Fsp3) is 0.391. The smallest absolute Gasteiger partial charge is 0.258 e. The molecular formula is C23H27ClFN3O3. The van der Waals surface area contributed by atoms with Crippen molar-refractivity contribution in [3.8, 4) is 5.75 Å². The minimum atomic E-state index is -0.687. The van der Waals surface area contributed by atoms with Crippen LogP contribution in [0.25, 0.3) is 0 Å². The Balaban J connectivity index is 1.56. The van der Waals surface area contributed by atoms with Crippen molar-refractivity contribution in [3.05, 3.63) is 53.3 Å². The molecule has 0 aliphatic carbocycles.